The Labute approximate surface area is 116 Å². The highest BCUT2D eigenvalue weighted by Gasteiger charge is 2.16. The molecule has 110 valence electrons. The minimum absolute atomic E-state index is 0.0521. The van der Waals surface area contributed by atoms with Gasteiger partial charge in [0, 0.05) is 37.7 Å². The van der Waals surface area contributed by atoms with Gasteiger partial charge in [-0.3, -0.25) is 14.9 Å². The van der Waals surface area contributed by atoms with Crippen molar-refractivity contribution in [3.05, 3.63) is 33.9 Å². The molecule has 1 aromatic carbocycles. The van der Waals surface area contributed by atoms with Crippen molar-refractivity contribution in [2.75, 3.05) is 30.9 Å². The molecule has 1 amide bonds. The maximum absolute atomic E-state index is 11.9. The van der Waals surface area contributed by atoms with Crippen molar-refractivity contribution in [3.8, 4) is 0 Å². The number of nitro benzene ring substituents is 1. The second kappa shape index (κ2) is 6.33. The van der Waals surface area contributed by atoms with E-state index in [-0.39, 0.29) is 23.5 Å². The Morgan fingerprint density at radius 3 is 2.55 bits per heavy atom. The molecule has 9 heteroatoms. The minimum Gasteiger partial charge on any atom is -0.387 e. The summed E-state index contributed by atoms with van der Waals surface area (Å²) in [7, 11) is -1.60. The van der Waals surface area contributed by atoms with E-state index in [1.165, 1.54) is 12.1 Å². The van der Waals surface area contributed by atoms with E-state index in [0.717, 1.165) is 12.3 Å². The van der Waals surface area contributed by atoms with Crippen LogP contribution >= 0.6 is 0 Å². The summed E-state index contributed by atoms with van der Waals surface area (Å²) in [5.74, 6) is -0.760. The Balaban J connectivity index is 2.90. The van der Waals surface area contributed by atoms with Gasteiger partial charge in [0.25, 0.3) is 11.6 Å². The second-order valence-electron chi connectivity index (χ2n) is 4.12. The maximum Gasteiger partial charge on any atom is 0.270 e. The molecule has 0 saturated carbocycles. The number of non-ortho nitro benzene ring substituents is 1. The molecule has 0 fully saturated rings. The number of carbonyl (C=O) groups excluding carboxylic acids is 1. The van der Waals surface area contributed by atoms with Crippen LogP contribution in [0.25, 0.3) is 0 Å². The van der Waals surface area contributed by atoms with Crippen LogP contribution in [0.5, 0.6) is 0 Å². The van der Waals surface area contributed by atoms with Gasteiger partial charge >= 0.3 is 0 Å². The van der Waals surface area contributed by atoms with Gasteiger partial charge in [-0.05, 0) is 6.07 Å². The monoisotopic (exact) mass is 301 g/mol. The third-order valence-electron chi connectivity index (χ3n) is 2.49. The first-order valence-corrected chi connectivity index (χ1v) is 7.73. The van der Waals surface area contributed by atoms with Crippen molar-refractivity contribution in [1.29, 1.82) is 0 Å². The molecule has 1 aromatic rings. The molecule has 2 N–H and O–H groups in total. The van der Waals surface area contributed by atoms with E-state index in [0.29, 0.717) is 5.69 Å². The highest BCUT2D eigenvalue weighted by atomic mass is 32.2. The third kappa shape index (κ3) is 4.50. The molecule has 0 aliphatic rings. The summed E-state index contributed by atoms with van der Waals surface area (Å²) in [5.41, 5.74) is 0.305. The molecule has 8 nitrogen and oxygen atoms in total. The van der Waals surface area contributed by atoms with Gasteiger partial charge in [-0.2, -0.15) is 0 Å². The SMILES string of the molecule is CNc1ccc([N+](=O)[O-])cc1C(=O)NCCS(C)(=O)=O. The zero-order valence-electron chi connectivity index (χ0n) is 11.0. The standard InChI is InChI=1S/C11H15N3O5S/c1-12-10-4-3-8(14(16)17)7-9(10)11(15)13-5-6-20(2,18)19/h3-4,7,12H,5-6H2,1-2H3,(H,13,15). The van der Waals surface area contributed by atoms with Crippen molar-refractivity contribution in [2.45, 2.75) is 0 Å². The molecule has 0 atom stereocenters. The van der Waals surface area contributed by atoms with Gasteiger partial charge in [-0.1, -0.05) is 0 Å². The molecule has 0 spiro atoms. The van der Waals surface area contributed by atoms with Crippen molar-refractivity contribution >= 4 is 27.1 Å². The maximum atomic E-state index is 11.9. The highest BCUT2D eigenvalue weighted by molar-refractivity contribution is 7.90. The fourth-order valence-corrected chi connectivity index (χ4v) is 1.97. The first-order valence-electron chi connectivity index (χ1n) is 5.66. The van der Waals surface area contributed by atoms with E-state index in [9.17, 15) is 23.3 Å². The number of rotatable bonds is 6. The smallest absolute Gasteiger partial charge is 0.270 e. The lowest BCUT2D eigenvalue weighted by Gasteiger charge is -2.09. The van der Waals surface area contributed by atoms with Gasteiger partial charge in [0.2, 0.25) is 0 Å². The predicted molar refractivity (Wildman–Crippen MR) is 74.7 cm³/mol. The fourth-order valence-electron chi connectivity index (χ4n) is 1.50. The van der Waals surface area contributed by atoms with Crippen molar-refractivity contribution in [3.63, 3.8) is 0 Å². The van der Waals surface area contributed by atoms with Crippen molar-refractivity contribution < 1.29 is 18.1 Å². The summed E-state index contributed by atoms with van der Waals surface area (Å²) in [6, 6.07) is 3.84. The Bertz CT molecular complexity index is 627. The largest absolute Gasteiger partial charge is 0.387 e. The number of sulfone groups is 1. The minimum atomic E-state index is -3.18. The van der Waals surface area contributed by atoms with Crippen LogP contribution in [0, 0.1) is 10.1 Å². The summed E-state index contributed by atoms with van der Waals surface area (Å²) < 4.78 is 21.9. The molecule has 0 aromatic heterocycles. The van der Waals surface area contributed by atoms with E-state index in [1.807, 2.05) is 0 Å². The molecule has 0 aliphatic carbocycles. The average Bonchev–Trinajstić information content (AvgIpc) is 2.36. The number of nitrogens with one attached hydrogen (secondary N) is 2. The number of hydrogen-bond acceptors (Lipinski definition) is 6. The molecule has 0 unspecified atom stereocenters. The van der Waals surface area contributed by atoms with Crippen LogP contribution in [-0.4, -0.2) is 44.8 Å². The second-order valence-corrected chi connectivity index (χ2v) is 6.38. The van der Waals surface area contributed by atoms with Gasteiger partial charge < -0.3 is 10.6 Å². The fraction of sp³-hybridized carbons (Fsp3) is 0.364. The number of nitrogens with zero attached hydrogens (tertiary/aromatic N) is 1. The Morgan fingerprint density at radius 1 is 1.40 bits per heavy atom. The zero-order valence-corrected chi connectivity index (χ0v) is 11.9. The Hall–Kier alpha value is -2.16. The first-order chi connectivity index (χ1) is 9.24. The lowest BCUT2D eigenvalue weighted by Crippen LogP contribution is -2.29. The topological polar surface area (TPSA) is 118 Å². The van der Waals surface area contributed by atoms with Gasteiger partial charge in [0.15, 0.2) is 0 Å². The molecule has 0 heterocycles. The molecular weight excluding hydrogens is 286 g/mol. The van der Waals surface area contributed by atoms with Gasteiger partial charge in [-0.15, -0.1) is 0 Å². The number of anilines is 1. The summed E-state index contributed by atoms with van der Waals surface area (Å²) in [6.07, 6.45) is 1.06. The van der Waals surface area contributed by atoms with Crippen LogP contribution in [0.1, 0.15) is 10.4 Å². The summed E-state index contributed by atoms with van der Waals surface area (Å²) in [4.78, 5) is 22.0. The van der Waals surface area contributed by atoms with Crippen molar-refractivity contribution in [1.82, 2.24) is 5.32 Å². The predicted octanol–water partition coefficient (Wildman–Crippen LogP) is 0.411. The number of carbonyl (C=O) groups is 1. The summed E-state index contributed by atoms with van der Waals surface area (Å²) >= 11 is 0. The molecule has 0 saturated heterocycles. The number of nitro groups is 1. The number of amides is 1. The highest BCUT2D eigenvalue weighted by Crippen LogP contribution is 2.21. The van der Waals surface area contributed by atoms with Crippen LogP contribution in [0.15, 0.2) is 18.2 Å². The van der Waals surface area contributed by atoms with Gasteiger partial charge in [-0.25, -0.2) is 8.42 Å². The van der Waals surface area contributed by atoms with E-state index in [1.54, 1.807) is 7.05 Å². The normalized spacial score (nSPS) is 10.9. The van der Waals surface area contributed by atoms with E-state index < -0.39 is 20.7 Å². The molecule has 0 aliphatic heterocycles. The van der Waals surface area contributed by atoms with Crippen LogP contribution < -0.4 is 10.6 Å². The number of benzene rings is 1. The van der Waals surface area contributed by atoms with Crippen LogP contribution in [-0.2, 0) is 9.84 Å². The van der Waals surface area contributed by atoms with E-state index >= 15 is 0 Å². The van der Waals surface area contributed by atoms with E-state index in [2.05, 4.69) is 10.6 Å². The van der Waals surface area contributed by atoms with Crippen LogP contribution in [0.4, 0.5) is 11.4 Å². The van der Waals surface area contributed by atoms with Gasteiger partial charge in [0.1, 0.15) is 9.84 Å². The summed E-state index contributed by atoms with van der Waals surface area (Å²) in [5, 5.41) is 15.9. The zero-order chi connectivity index (χ0) is 15.3. The molecule has 1 rings (SSSR count). The summed E-state index contributed by atoms with van der Waals surface area (Å²) in [6.45, 7) is -0.0521. The van der Waals surface area contributed by atoms with Gasteiger partial charge in [0.05, 0.1) is 16.2 Å². The Morgan fingerprint density at radius 2 is 2.05 bits per heavy atom. The lowest BCUT2D eigenvalue weighted by molar-refractivity contribution is -0.384. The average molecular weight is 301 g/mol. The quantitative estimate of drug-likeness (QED) is 0.580. The van der Waals surface area contributed by atoms with Crippen LogP contribution in [0.3, 0.4) is 0 Å². The lowest BCUT2D eigenvalue weighted by atomic mass is 10.1. The molecular formula is C11H15N3O5S. The molecule has 20 heavy (non-hydrogen) atoms. The first kappa shape index (κ1) is 15.9. The van der Waals surface area contributed by atoms with E-state index in [4.69, 9.17) is 0 Å². The Kier molecular flexibility index (Phi) is 5.03. The number of hydrogen-bond donors (Lipinski definition) is 2. The molecule has 0 radical (unpaired) electrons. The molecule has 0 bridgehead atoms. The van der Waals surface area contributed by atoms with Crippen LogP contribution in [0.2, 0.25) is 0 Å². The third-order valence-corrected chi connectivity index (χ3v) is 3.43. The van der Waals surface area contributed by atoms with Crippen molar-refractivity contribution in [2.24, 2.45) is 0 Å².